The number of ether oxygens (including phenoxy) is 4. The first-order valence-corrected chi connectivity index (χ1v) is 5.08. The summed E-state index contributed by atoms with van der Waals surface area (Å²) in [6.45, 7) is 0.193. The molecule has 0 N–H and O–H groups in total. The van der Waals surface area contributed by atoms with Crippen LogP contribution in [0.2, 0.25) is 0 Å². The highest BCUT2D eigenvalue weighted by atomic mass is 16.7. The number of benzene rings is 1. The average Bonchev–Trinajstić information content (AvgIpc) is 2.38. The van der Waals surface area contributed by atoms with Gasteiger partial charge in [0.05, 0.1) is 12.7 Å². The molecule has 0 saturated carbocycles. The summed E-state index contributed by atoms with van der Waals surface area (Å²) in [7, 11) is 4.52. The minimum atomic E-state index is -0.699. The molecule has 0 amide bonds. The maximum Gasteiger partial charge on any atom is 0.340 e. The van der Waals surface area contributed by atoms with Crippen LogP contribution in [0, 0.1) is 0 Å². The molecule has 0 saturated heterocycles. The molecule has 5 heteroatoms. The van der Waals surface area contributed by atoms with Gasteiger partial charge in [0.25, 0.3) is 0 Å². The van der Waals surface area contributed by atoms with Gasteiger partial charge in [-0.3, -0.25) is 0 Å². The number of carbonyl (C=O) groups excluding carboxylic acids is 1. The molecule has 0 bridgehead atoms. The largest absolute Gasteiger partial charge is 0.497 e. The van der Waals surface area contributed by atoms with Gasteiger partial charge in [0.2, 0.25) is 6.29 Å². The summed E-state index contributed by atoms with van der Waals surface area (Å²) in [5, 5.41) is 0. The van der Waals surface area contributed by atoms with Crippen molar-refractivity contribution in [3.8, 4) is 5.75 Å². The molecular weight excluding hydrogens is 224 g/mol. The lowest BCUT2D eigenvalue weighted by Gasteiger charge is -2.15. The van der Waals surface area contributed by atoms with E-state index < -0.39 is 12.3 Å². The third kappa shape index (κ3) is 4.05. The van der Waals surface area contributed by atoms with E-state index in [-0.39, 0.29) is 6.61 Å². The Labute approximate surface area is 100 Å². The van der Waals surface area contributed by atoms with Gasteiger partial charge >= 0.3 is 5.97 Å². The number of esters is 1. The molecular formula is C12H16O5. The predicted octanol–water partition coefficient (Wildman–Crippen LogP) is 1.47. The van der Waals surface area contributed by atoms with Gasteiger partial charge in [-0.25, -0.2) is 4.79 Å². The molecule has 1 atom stereocenters. The van der Waals surface area contributed by atoms with Crippen molar-refractivity contribution in [1.82, 2.24) is 0 Å². The Morgan fingerprint density at radius 3 is 2.29 bits per heavy atom. The van der Waals surface area contributed by atoms with Gasteiger partial charge in [-0.2, -0.15) is 0 Å². The highest BCUT2D eigenvalue weighted by molar-refractivity contribution is 5.89. The molecule has 0 fully saturated rings. The SMILES string of the molecule is COC[C@H](OC)OC(=O)c1ccc(OC)cc1. The predicted molar refractivity (Wildman–Crippen MR) is 61.1 cm³/mol. The number of hydrogen-bond acceptors (Lipinski definition) is 5. The second-order valence-corrected chi connectivity index (χ2v) is 3.25. The summed E-state index contributed by atoms with van der Waals surface area (Å²) < 4.78 is 19.8. The minimum absolute atomic E-state index is 0.193. The third-order valence-electron chi connectivity index (χ3n) is 2.13. The van der Waals surface area contributed by atoms with E-state index in [1.807, 2.05) is 0 Å². The smallest absolute Gasteiger partial charge is 0.340 e. The lowest BCUT2D eigenvalue weighted by Crippen LogP contribution is -2.24. The van der Waals surface area contributed by atoms with E-state index in [2.05, 4.69) is 0 Å². The first-order valence-electron chi connectivity index (χ1n) is 5.08. The van der Waals surface area contributed by atoms with Crippen LogP contribution in [0.5, 0.6) is 5.75 Å². The van der Waals surface area contributed by atoms with Gasteiger partial charge in [0.15, 0.2) is 0 Å². The molecule has 0 aromatic heterocycles. The fourth-order valence-electron chi connectivity index (χ4n) is 1.20. The Morgan fingerprint density at radius 2 is 1.82 bits per heavy atom. The number of carbonyl (C=O) groups is 1. The maximum absolute atomic E-state index is 11.7. The van der Waals surface area contributed by atoms with Gasteiger partial charge < -0.3 is 18.9 Å². The van der Waals surface area contributed by atoms with Crippen molar-refractivity contribution in [2.75, 3.05) is 27.9 Å². The molecule has 0 heterocycles. The van der Waals surface area contributed by atoms with E-state index in [0.717, 1.165) is 0 Å². The molecule has 0 radical (unpaired) electrons. The van der Waals surface area contributed by atoms with Crippen molar-refractivity contribution in [3.63, 3.8) is 0 Å². The van der Waals surface area contributed by atoms with Crippen LogP contribution >= 0.6 is 0 Å². The number of rotatable bonds is 6. The van der Waals surface area contributed by atoms with Crippen LogP contribution in [0.3, 0.4) is 0 Å². The van der Waals surface area contributed by atoms with Crippen LogP contribution in [-0.4, -0.2) is 40.2 Å². The molecule has 0 aliphatic heterocycles. The standard InChI is InChI=1S/C12H16O5/c1-14-8-11(16-3)17-12(13)9-4-6-10(15-2)7-5-9/h4-7,11H,8H2,1-3H3/t11-/m1/s1. The lowest BCUT2D eigenvalue weighted by molar-refractivity contribution is -0.120. The second kappa shape index (κ2) is 6.88. The summed E-state index contributed by atoms with van der Waals surface area (Å²) in [5.41, 5.74) is 0.434. The van der Waals surface area contributed by atoms with Crippen LogP contribution in [0.25, 0.3) is 0 Å². The Morgan fingerprint density at radius 1 is 1.18 bits per heavy atom. The van der Waals surface area contributed by atoms with E-state index in [9.17, 15) is 4.79 Å². The average molecular weight is 240 g/mol. The zero-order valence-electron chi connectivity index (χ0n) is 10.1. The van der Waals surface area contributed by atoms with Gasteiger partial charge in [0, 0.05) is 14.2 Å². The molecule has 0 aliphatic carbocycles. The van der Waals surface area contributed by atoms with E-state index in [1.54, 1.807) is 31.4 Å². The highest BCUT2D eigenvalue weighted by Gasteiger charge is 2.14. The molecule has 1 aromatic rings. The summed E-state index contributed by atoms with van der Waals surface area (Å²) in [5.74, 6) is 0.221. The normalized spacial score (nSPS) is 11.9. The van der Waals surface area contributed by atoms with E-state index in [4.69, 9.17) is 18.9 Å². The van der Waals surface area contributed by atoms with Crippen molar-refractivity contribution in [2.45, 2.75) is 6.29 Å². The lowest BCUT2D eigenvalue weighted by atomic mass is 10.2. The minimum Gasteiger partial charge on any atom is -0.497 e. The topological polar surface area (TPSA) is 54.0 Å². The van der Waals surface area contributed by atoms with Crippen LogP contribution in [0.15, 0.2) is 24.3 Å². The summed E-state index contributed by atoms with van der Waals surface area (Å²) >= 11 is 0. The molecule has 94 valence electrons. The molecule has 1 aromatic carbocycles. The van der Waals surface area contributed by atoms with E-state index in [0.29, 0.717) is 11.3 Å². The third-order valence-corrected chi connectivity index (χ3v) is 2.13. The first-order chi connectivity index (χ1) is 8.21. The van der Waals surface area contributed by atoms with Gasteiger partial charge in [-0.1, -0.05) is 0 Å². The summed E-state index contributed by atoms with van der Waals surface area (Å²) in [6, 6.07) is 6.63. The maximum atomic E-state index is 11.7. The molecule has 1 rings (SSSR count). The van der Waals surface area contributed by atoms with Crippen LogP contribution in [-0.2, 0) is 14.2 Å². The number of methoxy groups -OCH3 is 3. The molecule has 17 heavy (non-hydrogen) atoms. The Hall–Kier alpha value is -1.59. The Kier molecular flexibility index (Phi) is 5.45. The van der Waals surface area contributed by atoms with E-state index in [1.165, 1.54) is 14.2 Å². The molecule has 0 spiro atoms. The summed E-state index contributed by atoms with van der Waals surface area (Å²) in [6.07, 6.45) is -0.699. The summed E-state index contributed by atoms with van der Waals surface area (Å²) in [4.78, 5) is 11.7. The van der Waals surface area contributed by atoms with Crippen molar-refractivity contribution >= 4 is 5.97 Å². The molecule has 5 nitrogen and oxygen atoms in total. The van der Waals surface area contributed by atoms with Crippen molar-refractivity contribution in [2.24, 2.45) is 0 Å². The highest BCUT2D eigenvalue weighted by Crippen LogP contribution is 2.12. The monoisotopic (exact) mass is 240 g/mol. The zero-order valence-corrected chi connectivity index (χ0v) is 10.1. The number of hydrogen-bond donors (Lipinski definition) is 0. The Bertz CT molecular complexity index is 346. The molecule has 0 aliphatic rings. The Balaban J connectivity index is 2.62. The molecule has 0 unspecified atom stereocenters. The van der Waals surface area contributed by atoms with Crippen LogP contribution in [0.4, 0.5) is 0 Å². The zero-order chi connectivity index (χ0) is 12.7. The quantitative estimate of drug-likeness (QED) is 0.556. The fourth-order valence-corrected chi connectivity index (χ4v) is 1.20. The van der Waals surface area contributed by atoms with Crippen molar-refractivity contribution in [1.29, 1.82) is 0 Å². The van der Waals surface area contributed by atoms with Gasteiger partial charge in [-0.15, -0.1) is 0 Å². The van der Waals surface area contributed by atoms with Crippen molar-refractivity contribution < 1.29 is 23.7 Å². The first kappa shape index (κ1) is 13.5. The second-order valence-electron chi connectivity index (χ2n) is 3.25. The van der Waals surface area contributed by atoms with Gasteiger partial charge in [-0.05, 0) is 24.3 Å². The van der Waals surface area contributed by atoms with E-state index >= 15 is 0 Å². The van der Waals surface area contributed by atoms with Crippen LogP contribution < -0.4 is 4.74 Å². The van der Waals surface area contributed by atoms with Crippen LogP contribution in [0.1, 0.15) is 10.4 Å². The van der Waals surface area contributed by atoms with Crippen molar-refractivity contribution in [3.05, 3.63) is 29.8 Å². The van der Waals surface area contributed by atoms with Gasteiger partial charge in [0.1, 0.15) is 12.4 Å². The fraction of sp³-hybridized carbons (Fsp3) is 0.417.